The van der Waals surface area contributed by atoms with Gasteiger partial charge in [0.15, 0.2) is 12.2 Å². The van der Waals surface area contributed by atoms with Crippen LogP contribution in [0.3, 0.4) is 0 Å². The van der Waals surface area contributed by atoms with Crippen LogP contribution >= 0.6 is 15.6 Å². The van der Waals surface area contributed by atoms with Gasteiger partial charge >= 0.3 is 39.5 Å². The summed E-state index contributed by atoms with van der Waals surface area (Å²) in [7, 11) is -9.89. The van der Waals surface area contributed by atoms with Gasteiger partial charge in [-0.1, -0.05) is 304 Å². The summed E-state index contributed by atoms with van der Waals surface area (Å²) in [6.45, 7) is 7.20. The lowest BCUT2D eigenvalue weighted by atomic mass is 10.0. The molecule has 2 unspecified atom stereocenters. The minimum atomic E-state index is -4.95. The van der Waals surface area contributed by atoms with Crippen LogP contribution in [0, 0.1) is 5.92 Å². The Hall–Kier alpha value is -1.94. The van der Waals surface area contributed by atoms with Crippen LogP contribution < -0.4 is 0 Å². The molecule has 0 bridgehead atoms. The summed E-state index contributed by atoms with van der Waals surface area (Å²) < 4.78 is 68.2. The van der Waals surface area contributed by atoms with Crippen LogP contribution in [0.5, 0.6) is 0 Å². The van der Waals surface area contributed by atoms with E-state index in [1.807, 2.05) is 0 Å². The molecule has 0 aliphatic heterocycles. The van der Waals surface area contributed by atoms with Crippen molar-refractivity contribution in [2.45, 2.75) is 374 Å². The smallest absolute Gasteiger partial charge is 0.462 e. The van der Waals surface area contributed by atoms with Gasteiger partial charge in [-0.2, -0.15) is 0 Å². The predicted molar refractivity (Wildman–Crippen MR) is 354 cm³/mol. The van der Waals surface area contributed by atoms with Gasteiger partial charge in [0.25, 0.3) is 0 Å². The Morgan fingerprint density at radius 3 is 0.773 bits per heavy atom. The summed E-state index contributed by atoms with van der Waals surface area (Å²) in [6, 6.07) is 0. The van der Waals surface area contributed by atoms with E-state index in [9.17, 15) is 43.2 Å². The molecule has 522 valence electrons. The Bertz CT molecular complexity index is 1700. The van der Waals surface area contributed by atoms with Gasteiger partial charge in [0.1, 0.15) is 19.3 Å². The molecule has 0 fully saturated rings. The van der Waals surface area contributed by atoms with Crippen molar-refractivity contribution in [3.63, 3.8) is 0 Å². The number of ether oxygens (including phenoxy) is 4. The zero-order valence-electron chi connectivity index (χ0n) is 56.9. The van der Waals surface area contributed by atoms with Crippen molar-refractivity contribution in [1.82, 2.24) is 0 Å². The first-order valence-electron chi connectivity index (χ1n) is 36.1. The number of unbranched alkanes of at least 4 members (excludes halogenated alkanes) is 41. The fraction of sp³-hybridized carbons (Fsp3) is 0.942. The minimum absolute atomic E-state index is 0.107. The molecule has 0 rings (SSSR count). The van der Waals surface area contributed by atoms with Gasteiger partial charge in [-0.3, -0.25) is 37.3 Å². The molecule has 88 heavy (non-hydrogen) atoms. The molecule has 5 atom stereocenters. The average Bonchev–Trinajstić information content (AvgIpc) is 3.62. The molecule has 0 saturated heterocycles. The quantitative estimate of drug-likeness (QED) is 0.0222. The standard InChI is InChI=1S/C69H134O17P2/c1-6-9-12-15-18-21-23-25-26-27-28-30-34-40-45-50-55-69(74)86-65(59-80-67(72)53-48-43-38-35-31-32-36-41-46-51-62(4)5)61-84-88(77,78)82-57-63(70)56-81-87(75,76)83-60-64(58-79-66(71)52-47-42-37-20-17-14-11-8-3)85-68(73)54-49-44-39-33-29-24-22-19-16-13-10-7-2/h62-65,70H,6-61H2,1-5H3,(H,75,76)(H,77,78)/t63-,64+,65+/m0/s1. The van der Waals surface area contributed by atoms with Crippen LogP contribution in [0.2, 0.25) is 0 Å². The highest BCUT2D eigenvalue weighted by molar-refractivity contribution is 7.47. The third kappa shape index (κ3) is 62.8. The van der Waals surface area contributed by atoms with Crippen LogP contribution in [0.1, 0.15) is 356 Å². The van der Waals surface area contributed by atoms with Crippen LogP contribution in [-0.4, -0.2) is 96.7 Å². The maximum atomic E-state index is 13.0. The first kappa shape index (κ1) is 86.1. The van der Waals surface area contributed by atoms with Crippen LogP contribution in [0.25, 0.3) is 0 Å². The second-order valence-electron chi connectivity index (χ2n) is 25.4. The summed E-state index contributed by atoms with van der Waals surface area (Å²) in [4.78, 5) is 72.4. The fourth-order valence-electron chi connectivity index (χ4n) is 10.5. The van der Waals surface area contributed by atoms with Crippen molar-refractivity contribution < 1.29 is 80.2 Å². The number of phosphoric ester groups is 2. The lowest BCUT2D eigenvalue weighted by molar-refractivity contribution is -0.161. The monoisotopic (exact) mass is 1300 g/mol. The normalized spacial score (nSPS) is 14.1. The molecular formula is C69H134O17P2. The number of phosphoric acid groups is 2. The Morgan fingerprint density at radius 2 is 0.523 bits per heavy atom. The number of rotatable bonds is 69. The Balaban J connectivity index is 5.22. The Labute approximate surface area is 537 Å². The number of carbonyl (C=O) groups is 4. The van der Waals surface area contributed by atoms with E-state index in [0.717, 1.165) is 102 Å². The molecule has 0 aromatic carbocycles. The molecule has 0 radical (unpaired) electrons. The lowest BCUT2D eigenvalue weighted by Crippen LogP contribution is -2.30. The number of aliphatic hydroxyl groups is 1. The molecule has 0 aliphatic rings. The highest BCUT2D eigenvalue weighted by Gasteiger charge is 2.30. The minimum Gasteiger partial charge on any atom is -0.462 e. The van der Waals surface area contributed by atoms with Crippen molar-refractivity contribution >= 4 is 39.5 Å². The number of aliphatic hydroxyl groups excluding tert-OH is 1. The molecule has 0 amide bonds. The summed E-state index contributed by atoms with van der Waals surface area (Å²) in [5.41, 5.74) is 0. The first-order valence-corrected chi connectivity index (χ1v) is 39.1. The van der Waals surface area contributed by atoms with E-state index in [-0.39, 0.29) is 25.7 Å². The molecule has 0 spiro atoms. The molecule has 0 aliphatic carbocycles. The van der Waals surface area contributed by atoms with Crippen LogP contribution in [0.4, 0.5) is 0 Å². The second-order valence-corrected chi connectivity index (χ2v) is 28.3. The number of carbonyl (C=O) groups excluding carboxylic acids is 4. The lowest BCUT2D eigenvalue weighted by Gasteiger charge is -2.21. The Morgan fingerprint density at radius 1 is 0.307 bits per heavy atom. The highest BCUT2D eigenvalue weighted by Crippen LogP contribution is 2.45. The van der Waals surface area contributed by atoms with Crippen LogP contribution in [0.15, 0.2) is 0 Å². The number of hydrogen-bond acceptors (Lipinski definition) is 15. The summed E-state index contributed by atoms with van der Waals surface area (Å²) >= 11 is 0. The molecule has 0 aromatic rings. The molecule has 17 nitrogen and oxygen atoms in total. The molecular weight excluding hydrogens is 1160 g/mol. The largest absolute Gasteiger partial charge is 0.472 e. The second kappa shape index (κ2) is 62.5. The topological polar surface area (TPSA) is 237 Å². The van der Waals surface area contributed by atoms with E-state index in [4.69, 9.17) is 37.0 Å². The SMILES string of the molecule is CCCCCCCCCCCCCCCCCCC(=O)O[C@H](COC(=O)CCCCCCCCCCCC(C)C)COP(=O)(O)OC[C@@H](O)COP(=O)(O)OC[C@@H](COC(=O)CCCCCCCCCC)OC(=O)CCCCCCCCCCCCCC. The summed E-state index contributed by atoms with van der Waals surface area (Å²) in [5, 5.41) is 10.6. The van der Waals surface area contributed by atoms with Crippen LogP contribution in [-0.2, 0) is 65.4 Å². The van der Waals surface area contributed by atoms with Crippen molar-refractivity contribution in [1.29, 1.82) is 0 Å². The van der Waals surface area contributed by atoms with E-state index in [2.05, 4.69) is 34.6 Å². The number of hydrogen-bond donors (Lipinski definition) is 3. The van der Waals surface area contributed by atoms with Crippen molar-refractivity contribution in [2.24, 2.45) is 5.92 Å². The zero-order valence-corrected chi connectivity index (χ0v) is 58.6. The maximum Gasteiger partial charge on any atom is 0.472 e. The van der Waals surface area contributed by atoms with Gasteiger partial charge in [-0.05, 0) is 31.6 Å². The molecule has 3 N–H and O–H groups in total. The van der Waals surface area contributed by atoms with E-state index in [1.165, 1.54) is 173 Å². The van der Waals surface area contributed by atoms with Gasteiger partial charge in [0, 0.05) is 25.7 Å². The maximum absolute atomic E-state index is 13.0. The first-order chi connectivity index (χ1) is 42.5. The zero-order chi connectivity index (χ0) is 64.9. The van der Waals surface area contributed by atoms with Crippen molar-refractivity contribution in [3.8, 4) is 0 Å². The molecule has 0 aromatic heterocycles. The van der Waals surface area contributed by atoms with Gasteiger partial charge in [0.05, 0.1) is 26.4 Å². The van der Waals surface area contributed by atoms with E-state index in [1.54, 1.807) is 0 Å². The highest BCUT2D eigenvalue weighted by atomic mass is 31.2. The van der Waals surface area contributed by atoms with E-state index in [0.29, 0.717) is 25.7 Å². The van der Waals surface area contributed by atoms with Gasteiger partial charge in [0.2, 0.25) is 0 Å². The summed E-state index contributed by atoms with van der Waals surface area (Å²) in [5.74, 6) is -1.38. The fourth-order valence-corrected chi connectivity index (χ4v) is 12.0. The Kier molecular flexibility index (Phi) is 61.1. The van der Waals surface area contributed by atoms with E-state index >= 15 is 0 Å². The average molecular weight is 1300 g/mol. The van der Waals surface area contributed by atoms with E-state index < -0.39 is 97.5 Å². The van der Waals surface area contributed by atoms with Gasteiger partial charge in [-0.25, -0.2) is 9.13 Å². The van der Waals surface area contributed by atoms with Gasteiger partial charge < -0.3 is 33.8 Å². The van der Waals surface area contributed by atoms with Gasteiger partial charge in [-0.15, -0.1) is 0 Å². The molecule has 0 heterocycles. The summed E-state index contributed by atoms with van der Waals surface area (Å²) in [6.07, 6.45) is 48.5. The third-order valence-corrected chi connectivity index (χ3v) is 17.9. The van der Waals surface area contributed by atoms with Crippen molar-refractivity contribution in [3.05, 3.63) is 0 Å². The third-order valence-electron chi connectivity index (χ3n) is 16.0. The molecule has 0 saturated carbocycles. The number of esters is 4. The van der Waals surface area contributed by atoms with Crippen molar-refractivity contribution in [2.75, 3.05) is 39.6 Å². The predicted octanol–water partition coefficient (Wildman–Crippen LogP) is 19.7. The molecule has 19 heteroatoms.